The van der Waals surface area contributed by atoms with Crippen LogP contribution in [0.15, 0.2) is 29.1 Å². The van der Waals surface area contributed by atoms with E-state index in [0.29, 0.717) is 11.7 Å². The minimum absolute atomic E-state index is 0.465. The average Bonchev–Trinajstić information content (AvgIpc) is 2.73. The van der Waals surface area contributed by atoms with Gasteiger partial charge in [0.25, 0.3) is 0 Å². The van der Waals surface area contributed by atoms with Crippen molar-refractivity contribution in [2.45, 2.75) is 13.5 Å². The van der Waals surface area contributed by atoms with Crippen LogP contribution in [0.2, 0.25) is 5.15 Å². The zero-order valence-corrected chi connectivity index (χ0v) is 8.95. The van der Waals surface area contributed by atoms with Gasteiger partial charge in [0.15, 0.2) is 0 Å². The Labute approximate surface area is 92.3 Å². The summed E-state index contributed by atoms with van der Waals surface area (Å²) in [7, 11) is 0. The van der Waals surface area contributed by atoms with E-state index in [9.17, 15) is 0 Å². The molecule has 0 atom stereocenters. The van der Waals surface area contributed by atoms with E-state index in [1.807, 2.05) is 19.1 Å². The molecule has 0 amide bonds. The van der Waals surface area contributed by atoms with Crippen molar-refractivity contribution in [3.63, 3.8) is 0 Å². The maximum absolute atomic E-state index is 5.86. The summed E-state index contributed by atoms with van der Waals surface area (Å²) in [6, 6.07) is 3.74. The molecule has 0 unspecified atom stereocenters. The van der Waals surface area contributed by atoms with Crippen molar-refractivity contribution in [3.05, 3.63) is 41.2 Å². The number of hydrogen-bond acceptors (Lipinski definition) is 4. The normalized spacial score (nSPS) is 10.3. The van der Waals surface area contributed by atoms with Gasteiger partial charge in [0, 0.05) is 5.56 Å². The van der Waals surface area contributed by atoms with Crippen molar-refractivity contribution in [2.24, 2.45) is 0 Å². The molecule has 0 bridgehead atoms. The Morgan fingerprint density at radius 3 is 3.07 bits per heavy atom. The fourth-order valence-electron chi connectivity index (χ4n) is 1.19. The van der Waals surface area contributed by atoms with E-state index in [-0.39, 0.29) is 0 Å². The lowest BCUT2D eigenvalue weighted by molar-refractivity contribution is 0.517. The molecular weight excluding hydrogens is 214 g/mol. The van der Waals surface area contributed by atoms with Crippen LogP contribution in [0.5, 0.6) is 0 Å². The molecule has 1 N–H and O–H groups in total. The molecule has 0 aliphatic heterocycles. The van der Waals surface area contributed by atoms with Gasteiger partial charge in [-0.15, -0.1) is 0 Å². The molecular formula is C10H10ClN3O. The summed E-state index contributed by atoms with van der Waals surface area (Å²) in [5.74, 6) is 1.58. The van der Waals surface area contributed by atoms with Crippen LogP contribution in [0.4, 0.5) is 5.82 Å². The molecule has 0 saturated carbocycles. The minimum atomic E-state index is 0.465. The van der Waals surface area contributed by atoms with E-state index in [2.05, 4.69) is 15.3 Å². The van der Waals surface area contributed by atoms with Gasteiger partial charge in [0.05, 0.1) is 12.8 Å². The quantitative estimate of drug-likeness (QED) is 0.813. The minimum Gasteiger partial charge on any atom is -0.467 e. The fourth-order valence-corrected chi connectivity index (χ4v) is 1.32. The van der Waals surface area contributed by atoms with E-state index in [4.69, 9.17) is 16.0 Å². The molecule has 0 aliphatic rings. The van der Waals surface area contributed by atoms with Crippen LogP contribution in [0.1, 0.15) is 11.3 Å². The van der Waals surface area contributed by atoms with Crippen LogP contribution < -0.4 is 5.32 Å². The predicted octanol–water partition coefficient (Wildman–Crippen LogP) is 2.64. The highest BCUT2D eigenvalue weighted by atomic mass is 35.5. The first-order chi connectivity index (χ1) is 7.27. The predicted molar refractivity (Wildman–Crippen MR) is 57.8 cm³/mol. The highest BCUT2D eigenvalue weighted by Gasteiger charge is 2.04. The lowest BCUT2D eigenvalue weighted by Crippen LogP contribution is -2.03. The maximum Gasteiger partial charge on any atom is 0.137 e. The van der Waals surface area contributed by atoms with Crippen LogP contribution in [-0.4, -0.2) is 9.97 Å². The zero-order chi connectivity index (χ0) is 10.7. The molecule has 15 heavy (non-hydrogen) atoms. The topological polar surface area (TPSA) is 51.0 Å². The zero-order valence-electron chi connectivity index (χ0n) is 8.20. The van der Waals surface area contributed by atoms with Gasteiger partial charge >= 0.3 is 0 Å². The largest absolute Gasteiger partial charge is 0.467 e. The van der Waals surface area contributed by atoms with Crippen LogP contribution in [0, 0.1) is 6.92 Å². The standard InChI is InChI=1S/C10H10ClN3O/c1-7-9(11)13-6-14-10(7)12-5-8-3-2-4-15-8/h2-4,6H,5H2,1H3,(H,12,13,14). The maximum atomic E-state index is 5.86. The molecule has 0 fully saturated rings. The summed E-state index contributed by atoms with van der Waals surface area (Å²) in [6.45, 7) is 2.45. The second-order valence-electron chi connectivity index (χ2n) is 3.07. The Morgan fingerprint density at radius 2 is 2.33 bits per heavy atom. The average molecular weight is 224 g/mol. The molecule has 2 aromatic rings. The highest BCUT2D eigenvalue weighted by molar-refractivity contribution is 6.30. The fraction of sp³-hybridized carbons (Fsp3) is 0.200. The third-order valence-corrected chi connectivity index (χ3v) is 2.41. The van der Waals surface area contributed by atoms with Gasteiger partial charge in [-0.1, -0.05) is 11.6 Å². The van der Waals surface area contributed by atoms with Crippen molar-refractivity contribution in [2.75, 3.05) is 5.32 Å². The lowest BCUT2D eigenvalue weighted by Gasteiger charge is -2.06. The Bertz CT molecular complexity index is 442. The van der Waals surface area contributed by atoms with Crippen molar-refractivity contribution in [1.29, 1.82) is 0 Å². The van der Waals surface area contributed by atoms with E-state index in [1.54, 1.807) is 6.26 Å². The first-order valence-electron chi connectivity index (χ1n) is 4.50. The second kappa shape index (κ2) is 4.31. The number of nitrogens with one attached hydrogen (secondary N) is 1. The van der Waals surface area contributed by atoms with E-state index >= 15 is 0 Å². The molecule has 4 nitrogen and oxygen atoms in total. The highest BCUT2D eigenvalue weighted by Crippen LogP contribution is 2.18. The summed E-state index contributed by atoms with van der Waals surface area (Å²) < 4.78 is 5.19. The molecule has 0 aliphatic carbocycles. The van der Waals surface area contributed by atoms with Crippen LogP contribution in [-0.2, 0) is 6.54 Å². The molecule has 0 saturated heterocycles. The van der Waals surface area contributed by atoms with Gasteiger partial charge in [-0.05, 0) is 19.1 Å². The van der Waals surface area contributed by atoms with Gasteiger partial charge in [0.1, 0.15) is 23.1 Å². The molecule has 5 heteroatoms. The smallest absolute Gasteiger partial charge is 0.137 e. The molecule has 0 radical (unpaired) electrons. The van der Waals surface area contributed by atoms with Crippen LogP contribution in [0.25, 0.3) is 0 Å². The first kappa shape index (κ1) is 9.98. The third kappa shape index (κ3) is 2.27. The van der Waals surface area contributed by atoms with Crippen LogP contribution in [0.3, 0.4) is 0 Å². The molecule has 2 rings (SSSR count). The summed E-state index contributed by atoms with van der Waals surface area (Å²) in [6.07, 6.45) is 3.07. The van der Waals surface area contributed by atoms with Gasteiger partial charge < -0.3 is 9.73 Å². The monoisotopic (exact) mass is 223 g/mol. The summed E-state index contributed by atoms with van der Waals surface area (Å²) in [5, 5.41) is 3.59. The van der Waals surface area contributed by atoms with Crippen molar-refractivity contribution in [1.82, 2.24) is 9.97 Å². The Kier molecular flexibility index (Phi) is 2.87. The van der Waals surface area contributed by atoms with E-state index in [0.717, 1.165) is 17.1 Å². The Morgan fingerprint density at radius 1 is 1.47 bits per heavy atom. The van der Waals surface area contributed by atoms with Gasteiger partial charge in [-0.2, -0.15) is 0 Å². The molecule has 2 heterocycles. The first-order valence-corrected chi connectivity index (χ1v) is 4.88. The van der Waals surface area contributed by atoms with Gasteiger partial charge in [-0.25, -0.2) is 9.97 Å². The number of hydrogen-bond donors (Lipinski definition) is 1. The van der Waals surface area contributed by atoms with Crippen molar-refractivity contribution < 1.29 is 4.42 Å². The Hall–Kier alpha value is -1.55. The summed E-state index contributed by atoms with van der Waals surface area (Å²) in [5.41, 5.74) is 0.839. The second-order valence-corrected chi connectivity index (χ2v) is 3.43. The van der Waals surface area contributed by atoms with Crippen molar-refractivity contribution >= 4 is 17.4 Å². The van der Waals surface area contributed by atoms with Gasteiger partial charge in [0.2, 0.25) is 0 Å². The van der Waals surface area contributed by atoms with Gasteiger partial charge in [-0.3, -0.25) is 0 Å². The number of aromatic nitrogens is 2. The number of nitrogens with zero attached hydrogens (tertiary/aromatic N) is 2. The summed E-state index contributed by atoms with van der Waals surface area (Å²) in [4.78, 5) is 7.97. The third-order valence-electron chi connectivity index (χ3n) is 2.03. The lowest BCUT2D eigenvalue weighted by atomic mass is 10.3. The molecule has 0 aromatic carbocycles. The number of anilines is 1. The van der Waals surface area contributed by atoms with Crippen LogP contribution >= 0.6 is 11.6 Å². The van der Waals surface area contributed by atoms with E-state index in [1.165, 1.54) is 6.33 Å². The van der Waals surface area contributed by atoms with Crippen molar-refractivity contribution in [3.8, 4) is 0 Å². The SMILES string of the molecule is Cc1c(Cl)ncnc1NCc1ccco1. The molecule has 2 aromatic heterocycles. The number of halogens is 1. The Balaban J connectivity index is 2.08. The summed E-state index contributed by atoms with van der Waals surface area (Å²) >= 11 is 5.86. The van der Waals surface area contributed by atoms with E-state index < -0.39 is 0 Å². The molecule has 0 spiro atoms. The number of furan rings is 1. The number of rotatable bonds is 3. The molecule has 78 valence electrons.